The molecular weight excluding hydrogens is 455 g/mol. The molecule has 2 aromatic heterocycles. The molecule has 8 heteroatoms. The van der Waals surface area contributed by atoms with Crippen molar-refractivity contribution in [3.05, 3.63) is 47.5 Å². The Labute approximate surface area is 169 Å². The molecule has 136 valence electrons. The molecule has 3 aromatic rings. The third-order valence-corrected chi connectivity index (χ3v) is 6.66. The molecule has 1 N–H and O–H groups in total. The van der Waals surface area contributed by atoms with Crippen LogP contribution in [0.1, 0.15) is 35.8 Å². The first-order chi connectivity index (χ1) is 13.2. The van der Waals surface area contributed by atoms with E-state index in [1.807, 2.05) is 12.1 Å². The minimum Gasteiger partial charge on any atom is -0.490 e. The number of nitrogens with zero attached hydrogens (tertiary/aromatic N) is 5. The predicted octanol–water partition coefficient (Wildman–Crippen LogP) is 3.09. The number of halogens is 1. The second-order valence-electron chi connectivity index (χ2n) is 6.95. The largest absolute Gasteiger partial charge is 0.490 e. The number of hydrogen-bond acceptors (Lipinski definition) is 6. The Kier molecular flexibility index (Phi) is 4.11. The third kappa shape index (κ3) is 2.90. The molecule has 0 saturated heterocycles. The van der Waals surface area contributed by atoms with E-state index in [1.165, 1.54) is 5.69 Å². The molecule has 5 rings (SSSR count). The molecule has 1 unspecified atom stereocenters. The Morgan fingerprint density at radius 1 is 1.22 bits per heavy atom. The lowest BCUT2D eigenvalue weighted by Crippen LogP contribution is -2.13. The summed E-state index contributed by atoms with van der Waals surface area (Å²) in [6, 6.07) is 9.45. The van der Waals surface area contributed by atoms with E-state index in [-0.39, 0.29) is 12.0 Å². The molecule has 1 fully saturated rings. The lowest BCUT2D eigenvalue weighted by Gasteiger charge is -2.14. The predicted molar refractivity (Wildman–Crippen MR) is 108 cm³/mol. The van der Waals surface area contributed by atoms with E-state index >= 15 is 0 Å². The van der Waals surface area contributed by atoms with E-state index in [9.17, 15) is 0 Å². The SMILES string of the molecule is N#Cc1ccc(O[C@H]2CC(c3nnc4cnc5c(n34)CCN5)[C@H](I)C2)cc1. The smallest absolute Gasteiger partial charge is 0.179 e. The van der Waals surface area contributed by atoms with Crippen molar-refractivity contribution >= 4 is 34.1 Å². The highest BCUT2D eigenvalue weighted by Gasteiger charge is 2.38. The van der Waals surface area contributed by atoms with Crippen LogP contribution in [0.2, 0.25) is 0 Å². The van der Waals surface area contributed by atoms with Crippen LogP contribution in [-0.4, -0.2) is 36.2 Å². The molecule has 1 aromatic carbocycles. The first-order valence-corrected chi connectivity index (χ1v) is 10.2. The van der Waals surface area contributed by atoms with Gasteiger partial charge >= 0.3 is 0 Å². The Morgan fingerprint density at radius 2 is 2.07 bits per heavy atom. The standard InChI is InChI=1S/C19H17IN6O/c20-15-8-13(27-12-3-1-11(9-21)2-4-12)7-14(15)19-25-24-17-10-23-18-16(26(17)19)5-6-22-18/h1-4,10,13-15,22H,5-8H2/t13-,14?,15+/m0/s1. The average molecular weight is 472 g/mol. The van der Waals surface area contributed by atoms with Gasteiger partial charge in [-0.25, -0.2) is 4.98 Å². The summed E-state index contributed by atoms with van der Waals surface area (Å²) in [6.07, 6.45) is 4.72. The molecule has 2 aliphatic rings. The van der Waals surface area contributed by atoms with Crippen molar-refractivity contribution in [2.45, 2.75) is 35.2 Å². The zero-order valence-electron chi connectivity index (χ0n) is 14.5. The van der Waals surface area contributed by atoms with E-state index in [1.54, 1.807) is 18.3 Å². The van der Waals surface area contributed by atoms with Gasteiger partial charge < -0.3 is 10.1 Å². The van der Waals surface area contributed by atoms with Crippen LogP contribution in [0.15, 0.2) is 30.5 Å². The summed E-state index contributed by atoms with van der Waals surface area (Å²) in [7, 11) is 0. The number of fused-ring (bicyclic) bond motifs is 3. The lowest BCUT2D eigenvalue weighted by atomic mass is 10.1. The van der Waals surface area contributed by atoms with Crippen LogP contribution in [0.3, 0.4) is 0 Å². The van der Waals surface area contributed by atoms with Gasteiger partial charge in [-0.3, -0.25) is 4.40 Å². The summed E-state index contributed by atoms with van der Waals surface area (Å²) in [6.45, 7) is 0.905. The molecular formula is C19H17IN6O. The Morgan fingerprint density at radius 3 is 2.89 bits per heavy atom. The molecule has 27 heavy (non-hydrogen) atoms. The fourth-order valence-electron chi connectivity index (χ4n) is 4.00. The van der Waals surface area contributed by atoms with E-state index in [4.69, 9.17) is 10.00 Å². The highest BCUT2D eigenvalue weighted by atomic mass is 127. The van der Waals surface area contributed by atoms with Crippen molar-refractivity contribution in [2.75, 3.05) is 11.9 Å². The molecule has 3 heterocycles. The van der Waals surface area contributed by atoms with Gasteiger partial charge in [0.15, 0.2) is 5.65 Å². The van der Waals surface area contributed by atoms with Gasteiger partial charge in [0, 0.05) is 22.8 Å². The number of nitrogens with one attached hydrogen (secondary N) is 1. The Hall–Kier alpha value is -2.41. The van der Waals surface area contributed by atoms with Crippen LogP contribution in [0.5, 0.6) is 5.75 Å². The van der Waals surface area contributed by atoms with Crippen LogP contribution in [-0.2, 0) is 6.42 Å². The number of benzene rings is 1. The number of hydrogen-bond donors (Lipinski definition) is 1. The summed E-state index contributed by atoms with van der Waals surface area (Å²) in [5.41, 5.74) is 2.63. The Bertz CT molecular complexity index is 1040. The van der Waals surface area contributed by atoms with Gasteiger partial charge in [-0.15, -0.1) is 10.2 Å². The summed E-state index contributed by atoms with van der Waals surface area (Å²) in [5, 5.41) is 21.1. The van der Waals surface area contributed by atoms with Gasteiger partial charge in [0.2, 0.25) is 0 Å². The first-order valence-electron chi connectivity index (χ1n) is 9.00. The number of anilines is 1. The van der Waals surface area contributed by atoms with Crippen molar-refractivity contribution in [3.8, 4) is 11.8 Å². The average Bonchev–Trinajstić information content (AvgIpc) is 3.39. The van der Waals surface area contributed by atoms with Gasteiger partial charge in [0.1, 0.15) is 23.5 Å². The molecule has 0 bridgehead atoms. The molecule has 3 atom stereocenters. The van der Waals surface area contributed by atoms with Gasteiger partial charge in [-0.1, -0.05) is 22.6 Å². The van der Waals surface area contributed by atoms with Crippen molar-refractivity contribution in [1.29, 1.82) is 5.26 Å². The van der Waals surface area contributed by atoms with E-state index < -0.39 is 0 Å². The zero-order chi connectivity index (χ0) is 18.4. The first kappa shape index (κ1) is 16.7. The number of ether oxygens (including phenoxy) is 1. The van der Waals surface area contributed by atoms with Crippen molar-refractivity contribution in [2.24, 2.45) is 0 Å². The van der Waals surface area contributed by atoms with E-state index in [2.05, 4.69) is 53.6 Å². The molecule has 0 radical (unpaired) electrons. The second kappa shape index (κ2) is 6.64. The highest BCUT2D eigenvalue weighted by Crippen LogP contribution is 2.41. The maximum absolute atomic E-state index is 8.93. The van der Waals surface area contributed by atoms with Gasteiger partial charge in [0.25, 0.3) is 0 Å². The fraction of sp³-hybridized carbons (Fsp3) is 0.368. The van der Waals surface area contributed by atoms with Crippen LogP contribution in [0.4, 0.5) is 5.82 Å². The summed E-state index contributed by atoms with van der Waals surface area (Å²) >= 11 is 2.51. The van der Waals surface area contributed by atoms with Gasteiger partial charge in [0.05, 0.1) is 23.5 Å². The number of alkyl halides is 1. The van der Waals surface area contributed by atoms with Crippen molar-refractivity contribution in [1.82, 2.24) is 19.6 Å². The van der Waals surface area contributed by atoms with E-state index in [0.29, 0.717) is 9.49 Å². The lowest BCUT2D eigenvalue weighted by molar-refractivity contribution is 0.208. The third-order valence-electron chi connectivity index (χ3n) is 5.28. The van der Waals surface area contributed by atoms with Crippen LogP contribution >= 0.6 is 22.6 Å². The zero-order valence-corrected chi connectivity index (χ0v) is 16.6. The number of aromatic nitrogens is 4. The molecule has 7 nitrogen and oxygen atoms in total. The van der Waals surface area contributed by atoms with Crippen molar-refractivity contribution < 1.29 is 4.74 Å². The second-order valence-corrected chi connectivity index (χ2v) is 8.55. The van der Waals surface area contributed by atoms with E-state index in [0.717, 1.165) is 48.8 Å². The summed E-state index contributed by atoms with van der Waals surface area (Å²) in [4.78, 5) is 4.45. The summed E-state index contributed by atoms with van der Waals surface area (Å²) < 4.78 is 8.79. The number of nitriles is 1. The number of rotatable bonds is 3. The van der Waals surface area contributed by atoms with Gasteiger partial charge in [-0.05, 0) is 37.1 Å². The summed E-state index contributed by atoms with van der Waals surface area (Å²) in [5.74, 6) is 3.05. The van der Waals surface area contributed by atoms with Crippen molar-refractivity contribution in [3.63, 3.8) is 0 Å². The molecule has 0 spiro atoms. The van der Waals surface area contributed by atoms with Gasteiger partial charge in [-0.2, -0.15) is 5.26 Å². The molecule has 1 aliphatic heterocycles. The minimum absolute atomic E-state index is 0.130. The van der Waals surface area contributed by atoms with Crippen LogP contribution in [0.25, 0.3) is 5.65 Å². The Balaban J connectivity index is 1.41. The van der Waals surface area contributed by atoms with Crippen LogP contribution in [0, 0.1) is 11.3 Å². The fourth-order valence-corrected chi connectivity index (χ4v) is 5.18. The molecule has 1 saturated carbocycles. The normalized spacial score (nSPS) is 23.8. The maximum atomic E-state index is 8.93. The highest BCUT2D eigenvalue weighted by molar-refractivity contribution is 14.1. The minimum atomic E-state index is 0.130. The maximum Gasteiger partial charge on any atom is 0.179 e. The quantitative estimate of drug-likeness (QED) is 0.466. The topological polar surface area (TPSA) is 88.1 Å². The molecule has 1 aliphatic carbocycles. The van der Waals surface area contributed by atoms with Crippen LogP contribution < -0.4 is 10.1 Å². The monoisotopic (exact) mass is 472 g/mol. The molecule has 0 amide bonds.